The zero-order valence-electron chi connectivity index (χ0n) is 9.52. The highest BCUT2D eigenvalue weighted by Crippen LogP contribution is 2.15. The molecule has 0 radical (unpaired) electrons. The molecule has 0 saturated heterocycles. The first kappa shape index (κ1) is 11.0. The second-order valence-corrected chi connectivity index (χ2v) is 4.41. The van der Waals surface area contributed by atoms with Gasteiger partial charge in [0.2, 0.25) is 0 Å². The standard InChI is InChI=1S/C15H17N/c16-12-15-5-3-1-2-4-13-6-8-14(9-7-13)10-11-15/h3,5-9,15H,1-2,4,10-11H2/b5-3-. The van der Waals surface area contributed by atoms with Crippen LogP contribution < -0.4 is 0 Å². The molecule has 2 aliphatic rings. The Balaban J connectivity index is 2.14. The quantitative estimate of drug-likeness (QED) is 0.601. The maximum Gasteiger partial charge on any atom is 0.0697 e. The van der Waals surface area contributed by atoms with Crippen LogP contribution in [0.5, 0.6) is 0 Å². The van der Waals surface area contributed by atoms with Gasteiger partial charge in [-0.05, 0) is 43.2 Å². The molecule has 0 aromatic heterocycles. The predicted molar refractivity (Wildman–Crippen MR) is 65.9 cm³/mol. The van der Waals surface area contributed by atoms with Crippen LogP contribution in [0.15, 0.2) is 36.4 Å². The molecule has 82 valence electrons. The SMILES string of the molecule is N#CC1/C=C\CCCc2ccc(cc2)CC1. The van der Waals surface area contributed by atoms with E-state index in [1.54, 1.807) is 0 Å². The van der Waals surface area contributed by atoms with E-state index in [1.807, 2.05) is 0 Å². The van der Waals surface area contributed by atoms with E-state index in [4.69, 9.17) is 5.26 Å². The summed E-state index contributed by atoms with van der Waals surface area (Å²) in [6.45, 7) is 0. The van der Waals surface area contributed by atoms with Crippen LogP contribution in [-0.2, 0) is 12.8 Å². The Labute approximate surface area is 97.4 Å². The van der Waals surface area contributed by atoms with Crippen LogP contribution in [0.4, 0.5) is 0 Å². The van der Waals surface area contributed by atoms with Crippen molar-refractivity contribution in [3.8, 4) is 6.07 Å². The van der Waals surface area contributed by atoms with Crippen molar-refractivity contribution < 1.29 is 0 Å². The summed E-state index contributed by atoms with van der Waals surface area (Å²) in [5.74, 6) is 0.0825. The fourth-order valence-corrected chi connectivity index (χ4v) is 2.08. The Bertz CT molecular complexity index is 394. The minimum absolute atomic E-state index is 0.0825. The van der Waals surface area contributed by atoms with Gasteiger partial charge < -0.3 is 0 Å². The largest absolute Gasteiger partial charge is 0.198 e. The molecule has 1 aromatic rings. The number of benzene rings is 1. The lowest BCUT2D eigenvalue weighted by Gasteiger charge is -2.07. The highest BCUT2D eigenvalue weighted by atomic mass is 14.3. The van der Waals surface area contributed by atoms with E-state index in [0.717, 1.165) is 25.7 Å². The fraction of sp³-hybridized carbons (Fsp3) is 0.400. The molecule has 2 bridgehead atoms. The van der Waals surface area contributed by atoms with Crippen molar-refractivity contribution in [1.29, 1.82) is 5.26 Å². The molecule has 3 rings (SSSR count). The molecule has 0 saturated carbocycles. The summed E-state index contributed by atoms with van der Waals surface area (Å²) in [5.41, 5.74) is 2.77. The zero-order valence-corrected chi connectivity index (χ0v) is 9.52. The number of allylic oxidation sites excluding steroid dienone is 2. The van der Waals surface area contributed by atoms with Gasteiger partial charge in [-0.25, -0.2) is 0 Å². The van der Waals surface area contributed by atoms with Crippen LogP contribution in [0, 0.1) is 17.2 Å². The lowest BCUT2D eigenvalue weighted by Crippen LogP contribution is -1.97. The molecular weight excluding hydrogens is 194 g/mol. The number of hydrogen-bond donors (Lipinski definition) is 0. The molecule has 0 N–H and O–H groups in total. The maximum atomic E-state index is 9.01. The molecule has 1 atom stereocenters. The van der Waals surface area contributed by atoms with E-state index in [-0.39, 0.29) is 5.92 Å². The van der Waals surface area contributed by atoms with Crippen molar-refractivity contribution in [3.05, 3.63) is 47.5 Å². The summed E-state index contributed by atoms with van der Waals surface area (Å²) in [5, 5.41) is 9.01. The topological polar surface area (TPSA) is 23.8 Å². The van der Waals surface area contributed by atoms with Gasteiger partial charge in [0, 0.05) is 0 Å². The number of rotatable bonds is 0. The average Bonchev–Trinajstić information content (AvgIpc) is 2.31. The van der Waals surface area contributed by atoms with Crippen LogP contribution in [-0.4, -0.2) is 0 Å². The maximum absolute atomic E-state index is 9.01. The minimum atomic E-state index is 0.0825. The molecule has 0 heterocycles. The van der Waals surface area contributed by atoms with Crippen LogP contribution in [0.2, 0.25) is 0 Å². The number of hydrogen-bond acceptors (Lipinski definition) is 1. The van der Waals surface area contributed by atoms with E-state index in [1.165, 1.54) is 17.5 Å². The Morgan fingerprint density at radius 1 is 1.06 bits per heavy atom. The molecule has 0 spiro atoms. The number of nitriles is 1. The van der Waals surface area contributed by atoms with E-state index >= 15 is 0 Å². The molecule has 1 heteroatoms. The molecule has 0 fully saturated rings. The van der Waals surface area contributed by atoms with Crippen molar-refractivity contribution in [2.75, 3.05) is 0 Å². The van der Waals surface area contributed by atoms with Crippen LogP contribution in [0.25, 0.3) is 0 Å². The van der Waals surface area contributed by atoms with Crippen LogP contribution in [0.3, 0.4) is 0 Å². The zero-order chi connectivity index (χ0) is 11.2. The van der Waals surface area contributed by atoms with Gasteiger partial charge >= 0.3 is 0 Å². The molecule has 1 nitrogen and oxygen atoms in total. The number of fused-ring (bicyclic) bond motifs is 8. The Morgan fingerprint density at radius 2 is 1.75 bits per heavy atom. The van der Waals surface area contributed by atoms with Crippen molar-refractivity contribution in [3.63, 3.8) is 0 Å². The van der Waals surface area contributed by atoms with Gasteiger partial charge in [-0.1, -0.05) is 36.4 Å². The van der Waals surface area contributed by atoms with Gasteiger partial charge in [0.1, 0.15) is 0 Å². The van der Waals surface area contributed by atoms with E-state index in [0.29, 0.717) is 0 Å². The number of nitrogens with zero attached hydrogens (tertiary/aromatic N) is 1. The molecule has 0 amide bonds. The van der Waals surface area contributed by atoms with Crippen molar-refractivity contribution >= 4 is 0 Å². The van der Waals surface area contributed by atoms with E-state index < -0.39 is 0 Å². The Kier molecular flexibility index (Phi) is 3.77. The van der Waals surface area contributed by atoms with Crippen LogP contribution >= 0.6 is 0 Å². The molecule has 0 aliphatic heterocycles. The van der Waals surface area contributed by atoms with E-state index in [2.05, 4.69) is 42.5 Å². The predicted octanol–water partition coefficient (Wildman–Crippen LogP) is 3.65. The molecule has 1 unspecified atom stereocenters. The second-order valence-electron chi connectivity index (χ2n) is 4.41. The van der Waals surface area contributed by atoms with Crippen molar-refractivity contribution in [2.24, 2.45) is 5.92 Å². The number of aryl methyl sites for hydroxylation is 2. The van der Waals surface area contributed by atoms with E-state index in [9.17, 15) is 0 Å². The molecule has 16 heavy (non-hydrogen) atoms. The summed E-state index contributed by atoms with van der Waals surface area (Å²) in [7, 11) is 0. The lowest BCUT2D eigenvalue weighted by molar-refractivity contribution is 0.711. The molecule has 2 aliphatic carbocycles. The van der Waals surface area contributed by atoms with Gasteiger partial charge in [0.05, 0.1) is 12.0 Å². The van der Waals surface area contributed by atoms with Gasteiger partial charge in [-0.3, -0.25) is 0 Å². The van der Waals surface area contributed by atoms with Crippen molar-refractivity contribution in [1.82, 2.24) is 0 Å². The molecule has 1 aromatic carbocycles. The normalized spacial score (nSPS) is 22.8. The van der Waals surface area contributed by atoms with Gasteiger partial charge in [0.15, 0.2) is 0 Å². The van der Waals surface area contributed by atoms with Gasteiger partial charge in [-0.2, -0.15) is 5.26 Å². The first-order chi connectivity index (χ1) is 7.88. The first-order valence-corrected chi connectivity index (χ1v) is 6.02. The summed E-state index contributed by atoms with van der Waals surface area (Å²) in [6, 6.07) is 11.2. The highest BCUT2D eigenvalue weighted by molar-refractivity contribution is 5.23. The van der Waals surface area contributed by atoms with Crippen LogP contribution in [0.1, 0.15) is 30.4 Å². The van der Waals surface area contributed by atoms with Gasteiger partial charge in [0.25, 0.3) is 0 Å². The minimum Gasteiger partial charge on any atom is -0.198 e. The third kappa shape index (κ3) is 2.97. The molecular formula is C15H17N. The monoisotopic (exact) mass is 211 g/mol. The van der Waals surface area contributed by atoms with Gasteiger partial charge in [-0.15, -0.1) is 0 Å². The average molecular weight is 211 g/mol. The summed E-state index contributed by atoms with van der Waals surface area (Å²) >= 11 is 0. The Hall–Kier alpha value is -1.55. The summed E-state index contributed by atoms with van der Waals surface area (Å²) in [4.78, 5) is 0. The summed E-state index contributed by atoms with van der Waals surface area (Å²) < 4.78 is 0. The first-order valence-electron chi connectivity index (χ1n) is 6.02. The summed E-state index contributed by atoms with van der Waals surface area (Å²) in [6.07, 6.45) is 9.58. The van der Waals surface area contributed by atoms with Crippen molar-refractivity contribution in [2.45, 2.75) is 32.1 Å². The third-order valence-electron chi connectivity index (χ3n) is 3.14. The third-order valence-corrected chi connectivity index (χ3v) is 3.14. The fourth-order valence-electron chi connectivity index (χ4n) is 2.08. The Morgan fingerprint density at radius 3 is 2.44 bits per heavy atom. The lowest BCUT2D eigenvalue weighted by atomic mass is 9.97. The highest BCUT2D eigenvalue weighted by Gasteiger charge is 2.04. The smallest absolute Gasteiger partial charge is 0.0697 e. The second kappa shape index (κ2) is 5.51.